The van der Waals surface area contributed by atoms with Crippen molar-refractivity contribution in [2.45, 2.75) is 13.8 Å². The molecule has 0 aliphatic carbocycles. The molecule has 1 aromatic carbocycles. The van der Waals surface area contributed by atoms with Crippen LogP contribution in [0.4, 0.5) is 16.0 Å². The summed E-state index contributed by atoms with van der Waals surface area (Å²) in [6.07, 6.45) is 1.54. The van der Waals surface area contributed by atoms with Gasteiger partial charge in [-0.3, -0.25) is 4.79 Å². The number of rotatable bonds is 4. The lowest BCUT2D eigenvalue weighted by atomic mass is 10.2. The molecular formula is C18H22FN5O. The zero-order valence-corrected chi connectivity index (χ0v) is 14.5. The Morgan fingerprint density at radius 1 is 1.28 bits per heavy atom. The van der Waals surface area contributed by atoms with E-state index < -0.39 is 5.82 Å². The highest BCUT2D eigenvalue weighted by Gasteiger charge is 2.19. The smallest absolute Gasteiger partial charge is 0.259 e. The van der Waals surface area contributed by atoms with Crippen molar-refractivity contribution in [1.82, 2.24) is 14.9 Å². The van der Waals surface area contributed by atoms with Crippen molar-refractivity contribution in [3.05, 3.63) is 47.5 Å². The summed E-state index contributed by atoms with van der Waals surface area (Å²) in [6, 6.07) is 5.79. The van der Waals surface area contributed by atoms with Crippen LogP contribution in [0.2, 0.25) is 0 Å². The van der Waals surface area contributed by atoms with Crippen LogP contribution in [-0.4, -0.2) is 53.5 Å². The highest BCUT2D eigenvalue weighted by Crippen LogP contribution is 2.16. The molecule has 1 saturated heterocycles. The van der Waals surface area contributed by atoms with Crippen molar-refractivity contribution in [3.63, 3.8) is 0 Å². The second-order valence-electron chi connectivity index (χ2n) is 6.05. The number of benzene rings is 1. The molecule has 7 heteroatoms. The molecular weight excluding hydrogens is 321 g/mol. The van der Waals surface area contributed by atoms with Crippen LogP contribution in [0.5, 0.6) is 0 Å². The molecule has 1 amide bonds. The average Bonchev–Trinajstić information content (AvgIpc) is 2.61. The molecule has 1 aliphatic heterocycles. The average molecular weight is 343 g/mol. The summed E-state index contributed by atoms with van der Waals surface area (Å²) >= 11 is 0. The summed E-state index contributed by atoms with van der Waals surface area (Å²) in [5.41, 5.74) is 1.40. The fraction of sp³-hybridized carbons (Fsp3) is 0.389. The molecule has 0 unspecified atom stereocenters. The maximum Gasteiger partial charge on any atom is 0.259 e. The van der Waals surface area contributed by atoms with Crippen molar-refractivity contribution < 1.29 is 9.18 Å². The summed E-state index contributed by atoms with van der Waals surface area (Å²) in [5.74, 6) is -0.0895. The van der Waals surface area contributed by atoms with Crippen molar-refractivity contribution in [2.24, 2.45) is 0 Å². The maximum atomic E-state index is 13.2. The van der Waals surface area contributed by atoms with E-state index in [-0.39, 0.29) is 5.91 Å². The summed E-state index contributed by atoms with van der Waals surface area (Å²) in [7, 11) is 0. The summed E-state index contributed by atoms with van der Waals surface area (Å²) in [4.78, 5) is 25.7. The Hall–Kier alpha value is -2.54. The van der Waals surface area contributed by atoms with E-state index in [0.29, 0.717) is 22.9 Å². The monoisotopic (exact) mass is 343 g/mol. The van der Waals surface area contributed by atoms with Crippen LogP contribution >= 0.6 is 0 Å². The van der Waals surface area contributed by atoms with Crippen molar-refractivity contribution in [1.29, 1.82) is 0 Å². The number of halogens is 1. The lowest BCUT2D eigenvalue weighted by Crippen LogP contribution is -2.46. The fourth-order valence-corrected chi connectivity index (χ4v) is 2.86. The SMILES string of the molecule is CCN1CCN(c2ncc(C(=O)Nc3cccc(F)c3)c(C)n2)CC1. The molecule has 3 rings (SSSR count). The van der Waals surface area contributed by atoms with Crippen LogP contribution < -0.4 is 10.2 Å². The third-order valence-electron chi connectivity index (χ3n) is 4.40. The van der Waals surface area contributed by atoms with Gasteiger partial charge in [-0.15, -0.1) is 0 Å². The number of carbonyl (C=O) groups excluding carboxylic acids is 1. The molecule has 0 bridgehead atoms. The number of hydrogen-bond donors (Lipinski definition) is 1. The van der Waals surface area contributed by atoms with Gasteiger partial charge in [0.15, 0.2) is 0 Å². The second kappa shape index (κ2) is 7.57. The normalized spacial score (nSPS) is 15.2. The number of nitrogens with zero attached hydrogens (tertiary/aromatic N) is 4. The molecule has 0 saturated carbocycles. The van der Waals surface area contributed by atoms with Gasteiger partial charge in [0.1, 0.15) is 5.82 Å². The first kappa shape index (κ1) is 17.3. The Morgan fingerprint density at radius 3 is 2.68 bits per heavy atom. The quantitative estimate of drug-likeness (QED) is 0.923. The van der Waals surface area contributed by atoms with E-state index in [1.54, 1.807) is 25.3 Å². The van der Waals surface area contributed by atoms with Gasteiger partial charge >= 0.3 is 0 Å². The van der Waals surface area contributed by atoms with Crippen LogP contribution in [0.15, 0.2) is 30.5 Å². The number of piperazine rings is 1. The minimum Gasteiger partial charge on any atom is -0.338 e. The third kappa shape index (κ3) is 4.11. The van der Waals surface area contributed by atoms with Crippen molar-refractivity contribution in [3.8, 4) is 0 Å². The maximum absolute atomic E-state index is 13.2. The standard InChI is InChI=1S/C18H22FN5O/c1-3-23-7-9-24(10-8-23)18-20-12-16(13(2)21-18)17(25)22-15-6-4-5-14(19)11-15/h4-6,11-12H,3,7-10H2,1-2H3,(H,22,25). The molecule has 2 heterocycles. The van der Waals surface area contributed by atoms with Crippen LogP contribution in [0.3, 0.4) is 0 Å². The van der Waals surface area contributed by atoms with Crippen LogP contribution in [-0.2, 0) is 0 Å². The van der Waals surface area contributed by atoms with Crippen LogP contribution in [0.25, 0.3) is 0 Å². The first-order chi connectivity index (χ1) is 12.1. The van der Waals surface area contributed by atoms with Crippen LogP contribution in [0.1, 0.15) is 23.0 Å². The first-order valence-electron chi connectivity index (χ1n) is 8.44. The Kier molecular flexibility index (Phi) is 5.23. The van der Waals surface area contributed by atoms with Gasteiger partial charge < -0.3 is 15.1 Å². The molecule has 0 spiro atoms. The molecule has 1 fully saturated rings. The van der Waals surface area contributed by atoms with Gasteiger partial charge in [0.25, 0.3) is 5.91 Å². The van der Waals surface area contributed by atoms with Gasteiger partial charge in [-0.2, -0.15) is 0 Å². The topological polar surface area (TPSA) is 61.4 Å². The predicted molar refractivity (Wildman–Crippen MR) is 95.4 cm³/mol. The number of aromatic nitrogens is 2. The molecule has 132 valence electrons. The molecule has 0 radical (unpaired) electrons. The number of hydrogen-bond acceptors (Lipinski definition) is 5. The van der Waals surface area contributed by atoms with Gasteiger partial charge in [-0.1, -0.05) is 13.0 Å². The van der Waals surface area contributed by atoms with Gasteiger partial charge in [-0.05, 0) is 31.7 Å². The van der Waals surface area contributed by atoms with Gasteiger partial charge in [-0.25, -0.2) is 14.4 Å². The van der Waals surface area contributed by atoms with Gasteiger partial charge in [0, 0.05) is 38.1 Å². The Labute approximate surface area is 146 Å². The minimum atomic E-state index is -0.396. The van der Waals surface area contributed by atoms with Gasteiger partial charge in [0.05, 0.1) is 11.3 Å². The van der Waals surface area contributed by atoms with E-state index in [1.807, 2.05) is 0 Å². The fourth-order valence-electron chi connectivity index (χ4n) is 2.86. The van der Waals surface area contributed by atoms with E-state index >= 15 is 0 Å². The Morgan fingerprint density at radius 2 is 2.04 bits per heavy atom. The molecule has 1 aliphatic rings. The highest BCUT2D eigenvalue weighted by atomic mass is 19.1. The van der Waals surface area contributed by atoms with E-state index in [4.69, 9.17) is 0 Å². The van der Waals surface area contributed by atoms with E-state index in [9.17, 15) is 9.18 Å². The molecule has 1 N–H and O–H groups in total. The Balaban J connectivity index is 1.70. The van der Waals surface area contributed by atoms with E-state index in [1.165, 1.54) is 12.1 Å². The molecule has 1 aromatic heterocycles. The highest BCUT2D eigenvalue weighted by molar-refractivity contribution is 6.04. The third-order valence-corrected chi connectivity index (χ3v) is 4.40. The number of nitrogens with one attached hydrogen (secondary N) is 1. The van der Waals surface area contributed by atoms with Crippen LogP contribution in [0, 0.1) is 12.7 Å². The van der Waals surface area contributed by atoms with Gasteiger partial charge in [0.2, 0.25) is 5.95 Å². The van der Waals surface area contributed by atoms with E-state index in [0.717, 1.165) is 32.7 Å². The zero-order chi connectivity index (χ0) is 17.8. The molecule has 25 heavy (non-hydrogen) atoms. The number of anilines is 2. The largest absolute Gasteiger partial charge is 0.338 e. The Bertz CT molecular complexity index is 759. The van der Waals surface area contributed by atoms with Crippen molar-refractivity contribution >= 4 is 17.5 Å². The number of aryl methyl sites for hydroxylation is 1. The number of likely N-dealkylation sites (N-methyl/N-ethyl adjacent to an activating group) is 1. The lowest BCUT2D eigenvalue weighted by Gasteiger charge is -2.34. The van der Waals surface area contributed by atoms with Crippen molar-refractivity contribution in [2.75, 3.05) is 42.9 Å². The second-order valence-corrected chi connectivity index (χ2v) is 6.05. The number of carbonyl (C=O) groups is 1. The summed E-state index contributed by atoms with van der Waals surface area (Å²) in [6.45, 7) is 8.72. The first-order valence-corrected chi connectivity index (χ1v) is 8.44. The summed E-state index contributed by atoms with van der Waals surface area (Å²) in [5, 5.41) is 2.67. The van der Waals surface area contributed by atoms with E-state index in [2.05, 4.69) is 32.0 Å². The molecule has 0 atom stereocenters. The zero-order valence-electron chi connectivity index (χ0n) is 14.5. The predicted octanol–water partition coefficient (Wildman–Crippen LogP) is 2.32. The lowest BCUT2D eigenvalue weighted by molar-refractivity contribution is 0.102. The number of amides is 1. The minimum absolute atomic E-state index is 0.342. The molecule has 6 nitrogen and oxygen atoms in total. The summed E-state index contributed by atoms with van der Waals surface area (Å²) < 4.78 is 13.2. The molecule has 2 aromatic rings.